The molecule has 0 aliphatic rings. The molecule has 0 saturated carbocycles. The first kappa shape index (κ1) is 15.9. The fourth-order valence-corrected chi connectivity index (χ4v) is 3.55. The minimum Gasteiger partial charge on any atom is -0.322 e. The number of nitrogens with two attached hydrogens (primary N) is 1. The molecule has 0 heterocycles. The maximum absolute atomic E-state index is 6.41. The number of hydrogen-bond acceptors (Lipinski definition) is 1. The zero-order chi connectivity index (χ0) is 17.4. The zero-order valence-corrected chi connectivity index (χ0v) is 14.8. The molecule has 4 aromatic rings. The number of benzene rings is 4. The first-order valence-electron chi connectivity index (χ1n) is 8.90. The highest BCUT2D eigenvalue weighted by molar-refractivity contribution is 6.12. The van der Waals surface area contributed by atoms with Gasteiger partial charge in [0, 0.05) is 5.54 Å². The van der Waals surface area contributed by atoms with E-state index in [2.05, 4.69) is 92.7 Å². The molecule has 2 N–H and O–H groups in total. The van der Waals surface area contributed by atoms with Gasteiger partial charge in [-0.15, -0.1) is 0 Å². The van der Waals surface area contributed by atoms with Crippen LogP contribution in [-0.2, 0) is 5.54 Å². The summed E-state index contributed by atoms with van der Waals surface area (Å²) in [5, 5.41) is 5.13. The molecule has 0 amide bonds. The molecule has 1 nitrogen and oxygen atoms in total. The van der Waals surface area contributed by atoms with Gasteiger partial charge in [-0.3, -0.25) is 0 Å². The van der Waals surface area contributed by atoms with Crippen LogP contribution in [0.25, 0.3) is 32.7 Å². The standard InChI is InChI=1S/C24H23N/c1-3-24(2,25)20-14-12-17(13-15-20)23-21-10-6-4-8-18(21)16-19-9-5-7-11-22(19)23/h4-16H,3,25H2,1-2H3. The summed E-state index contributed by atoms with van der Waals surface area (Å²) in [7, 11) is 0. The molecule has 25 heavy (non-hydrogen) atoms. The fraction of sp³-hybridized carbons (Fsp3) is 0.167. The highest BCUT2D eigenvalue weighted by Gasteiger charge is 2.18. The minimum absolute atomic E-state index is 0.278. The van der Waals surface area contributed by atoms with Crippen molar-refractivity contribution in [2.24, 2.45) is 5.73 Å². The Morgan fingerprint density at radius 3 is 1.80 bits per heavy atom. The average Bonchev–Trinajstić information content (AvgIpc) is 2.66. The molecule has 0 radical (unpaired) electrons. The number of hydrogen-bond donors (Lipinski definition) is 1. The topological polar surface area (TPSA) is 26.0 Å². The minimum atomic E-state index is -0.278. The lowest BCUT2D eigenvalue weighted by molar-refractivity contribution is 0.476. The highest BCUT2D eigenvalue weighted by atomic mass is 14.7. The quantitative estimate of drug-likeness (QED) is 0.443. The van der Waals surface area contributed by atoms with E-state index >= 15 is 0 Å². The molecule has 124 valence electrons. The second-order valence-corrected chi connectivity index (χ2v) is 7.04. The van der Waals surface area contributed by atoms with E-state index in [1.165, 1.54) is 38.2 Å². The molecule has 1 atom stereocenters. The van der Waals surface area contributed by atoms with E-state index in [-0.39, 0.29) is 5.54 Å². The highest BCUT2D eigenvalue weighted by Crippen LogP contribution is 2.37. The first-order chi connectivity index (χ1) is 12.1. The summed E-state index contributed by atoms with van der Waals surface area (Å²) in [6.45, 7) is 4.22. The second kappa shape index (κ2) is 6.02. The molecule has 1 heteroatoms. The molecular weight excluding hydrogens is 302 g/mol. The molecule has 0 aliphatic heterocycles. The van der Waals surface area contributed by atoms with Crippen molar-refractivity contribution in [3.8, 4) is 11.1 Å². The van der Waals surface area contributed by atoms with Crippen LogP contribution in [0.1, 0.15) is 25.8 Å². The van der Waals surface area contributed by atoms with Gasteiger partial charge in [0.05, 0.1) is 0 Å². The monoisotopic (exact) mass is 325 g/mol. The Morgan fingerprint density at radius 1 is 0.760 bits per heavy atom. The van der Waals surface area contributed by atoms with Gasteiger partial charge in [0.2, 0.25) is 0 Å². The van der Waals surface area contributed by atoms with Crippen LogP contribution in [0.2, 0.25) is 0 Å². The van der Waals surface area contributed by atoms with Crippen molar-refractivity contribution in [3.05, 3.63) is 84.4 Å². The van der Waals surface area contributed by atoms with Crippen LogP contribution in [0, 0.1) is 0 Å². The van der Waals surface area contributed by atoms with Gasteiger partial charge in [0.1, 0.15) is 0 Å². The van der Waals surface area contributed by atoms with Gasteiger partial charge in [-0.05, 0) is 57.6 Å². The van der Waals surface area contributed by atoms with Gasteiger partial charge in [0.25, 0.3) is 0 Å². The van der Waals surface area contributed by atoms with E-state index in [9.17, 15) is 0 Å². The summed E-state index contributed by atoms with van der Waals surface area (Å²) in [4.78, 5) is 0. The maximum atomic E-state index is 6.41. The van der Waals surface area contributed by atoms with Crippen molar-refractivity contribution in [2.75, 3.05) is 0 Å². The van der Waals surface area contributed by atoms with E-state index in [1.54, 1.807) is 0 Å². The summed E-state index contributed by atoms with van der Waals surface area (Å²) in [5.41, 5.74) is 9.85. The summed E-state index contributed by atoms with van der Waals surface area (Å²) in [6, 6.07) is 28.3. The molecule has 0 bridgehead atoms. The van der Waals surface area contributed by atoms with E-state index in [0.29, 0.717) is 0 Å². The molecule has 0 saturated heterocycles. The molecule has 0 spiro atoms. The molecule has 4 rings (SSSR count). The predicted octanol–water partition coefficient (Wildman–Crippen LogP) is 6.24. The molecule has 4 aromatic carbocycles. The SMILES string of the molecule is CCC(C)(N)c1ccc(-c2c3ccccc3cc3ccccc23)cc1. The Labute approximate surface area is 149 Å². The Balaban J connectivity index is 1.99. The zero-order valence-electron chi connectivity index (χ0n) is 14.8. The van der Waals surface area contributed by atoms with E-state index in [4.69, 9.17) is 5.73 Å². The maximum Gasteiger partial charge on any atom is 0.0378 e. The van der Waals surface area contributed by atoms with Crippen LogP contribution in [0.4, 0.5) is 0 Å². The largest absolute Gasteiger partial charge is 0.322 e. The Morgan fingerprint density at radius 2 is 1.28 bits per heavy atom. The molecule has 0 aliphatic carbocycles. The van der Waals surface area contributed by atoms with Gasteiger partial charge in [-0.1, -0.05) is 79.7 Å². The van der Waals surface area contributed by atoms with Crippen molar-refractivity contribution in [2.45, 2.75) is 25.8 Å². The van der Waals surface area contributed by atoms with Crippen molar-refractivity contribution in [1.29, 1.82) is 0 Å². The van der Waals surface area contributed by atoms with Crippen LogP contribution in [0.15, 0.2) is 78.9 Å². The Bertz CT molecular complexity index is 989. The van der Waals surface area contributed by atoms with E-state index in [0.717, 1.165) is 6.42 Å². The summed E-state index contributed by atoms with van der Waals surface area (Å²) in [5.74, 6) is 0. The average molecular weight is 325 g/mol. The van der Waals surface area contributed by atoms with Gasteiger partial charge < -0.3 is 5.73 Å². The number of fused-ring (bicyclic) bond motifs is 2. The summed E-state index contributed by atoms with van der Waals surface area (Å²) in [6.07, 6.45) is 0.920. The van der Waals surface area contributed by atoms with Gasteiger partial charge >= 0.3 is 0 Å². The normalized spacial score (nSPS) is 13.9. The van der Waals surface area contributed by atoms with Crippen LogP contribution in [0.3, 0.4) is 0 Å². The third kappa shape index (κ3) is 2.71. The van der Waals surface area contributed by atoms with Crippen molar-refractivity contribution in [3.63, 3.8) is 0 Å². The second-order valence-electron chi connectivity index (χ2n) is 7.04. The third-order valence-electron chi connectivity index (χ3n) is 5.34. The lowest BCUT2D eigenvalue weighted by Crippen LogP contribution is -2.31. The fourth-order valence-electron chi connectivity index (χ4n) is 3.55. The van der Waals surface area contributed by atoms with Crippen molar-refractivity contribution in [1.82, 2.24) is 0 Å². The van der Waals surface area contributed by atoms with Crippen molar-refractivity contribution < 1.29 is 0 Å². The van der Waals surface area contributed by atoms with Gasteiger partial charge in [0.15, 0.2) is 0 Å². The lowest BCUT2D eigenvalue weighted by atomic mass is 9.87. The molecular formula is C24H23N. The molecule has 1 unspecified atom stereocenters. The molecule has 0 fully saturated rings. The summed E-state index contributed by atoms with van der Waals surface area (Å²) >= 11 is 0. The Hall–Kier alpha value is -2.64. The van der Waals surface area contributed by atoms with Crippen LogP contribution < -0.4 is 5.73 Å². The third-order valence-corrected chi connectivity index (χ3v) is 5.34. The smallest absolute Gasteiger partial charge is 0.0378 e. The van der Waals surface area contributed by atoms with E-state index < -0.39 is 0 Å². The van der Waals surface area contributed by atoms with Crippen LogP contribution in [0.5, 0.6) is 0 Å². The first-order valence-corrected chi connectivity index (χ1v) is 8.90. The summed E-state index contributed by atoms with van der Waals surface area (Å²) < 4.78 is 0. The van der Waals surface area contributed by atoms with Gasteiger partial charge in [-0.25, -0.2) is 0 Å². The Kier molecular flexibility index (Phi) is 3.82. The van der Waals surface area contributed by atoms with Crippen LogP contribution >= 0.6 is 0 Å². The van der Waals surface area contributed by atoms with Crippen LogP contribution in [-0.4, -0.2) is 0 Å². The predicted molar refractivity (Wildman–Crippen MR) is 109 cm³/mol. The number of rotatable bonds is 3. The lowest BCUT2D eigenvalue weighted by Gasteiger charge is -2.23. The van der Waals surface area contributed by atoms with Gasteiger partial charge in [-0.2, -0.15) is 0 Å². The van der Waals surface area contributed by atoms with E-state index in [1.807, 2.05) is 0 Å². The molecule has 0 aromatic heterocycles. The van der Waals surface area contributed by atoms with Crippen molar-refractivity contribution >= 4 is 21.5 Å².